The van der Waals surface area contributed by atoms with E-state index in [1.54, 1.807) is 0 Å². The van der Waals surface area contributed by atoms with Crippen molar-refractivity contribution in [3.8, 4) is 0 Å². The van der Waals surface area contributed by atoms with E-state index in [2.05, 4.69) is 25.4 Å². The third-order valence-electron chi connectivity index (χ3n) is 4.27. The molecule has 2 aliphatic rings. The van der Waals surface area contributed by atoms with Gasteiger partial charge in [0, 0.05) is 12.1 Å². The Hall–Kier alpha value is -1.57. The molecule has 1 aromatic rings. The molecular weight excluding hydrogens is 314 g/mol. The Morgan fingerprint density at radius 1 is 1.17 bits per heavy atom. The number of carbonyl (C=O) groups excluding carboxylic acids is 2. The van der Waals surface area contributed by atoms with Crippen LogP contribution in [0.15, 0.2) is 5.16 Å². The first-order chi connectivity index (χ1) is 11.1. The van der Waals surface area contributed by atoms with Crippen molar-refractivity contribution >= 4 is 23.7 Å². The molecule has 0 saturated heterocycles. The highest BCUT2D eigenvalue weighted by Gasteiger charge is 2.24. The van der Waals surface area contributed by atoms with Crippen LogP contribution in [-0.2, 0) is 4.79 Å². The number of hydrogen-bond acceptors (Lipinski definition) is 5. The Bertz CT molecular complexity index is 578. The fourth-order valence-corrected chi connectivity index (χ4v) is 3.80. The Balaban J connectivity index is 1.53. The van der Waals surface area contributed by atoms with Gasteiger partial charge in [0.1, 0.15) is 5.82 Å². The van der Waals surface area contributed by atoms with Crippen LogP contribution in [0.5, 0.6) is 0 Å². The minimum Gasteiger partial charge on any atom is -0.335 e. The van der Waals surface area contributed by atoms with E-state index in [0.29, 0.717) is 6.04 Å². The molecule has 23 heavy (non-hydrogen) atoms. The molecule has 0 atom stereocenters. The number of aryl methyl sites for hydroxylation is 1. The van der Waals surface area contributed by atoms with Crippen molar-refractivity contribution in [3.63, 3.8) is 0 Å². The molecule has 7 nitrogen and oxygen atoms in total. The number of aromatic nitrogens is 3. The molecule has 0 radical (unpaired) electrons. The van der Waals surface area contributed by atoms with Gasteiger partial charge in [-0.05, 0) is 32.6 Å². The maximum Gasteiger partial charge on any atom is 0.321 e. The van der Waals surface area contributed by atoms with Crippen molar-refractivity contribution in [2.45, 2.75) is 69.1 Å². The lowest BCUT2D eigenvalue weighted by Gasteiger charge is -2.24. The van der Waals surface area contributed by atoms with E-state index in [1.165, 1.54) is 31.0 Å². The number of hydrogen-bond donors (Lipinski definition) is 2. The molecule has 3 rings (SSSR count). The van der Waals surface area contributed by atoms with Gasteiger partial charge in [-0.2, -0.15) is 0 Å². The van der Waals surface area contributed by atoms with Crippen LogP contribution in [-0.4, -0.2) is 38.5 Å². The SMILES string of the molecule is Cc1nnc(SCC(=O)NC(=O)NC2CC2)n1C1CCCCC1. The van der Waals surface area contributed by atoms with E-state index in [-0.39, 0.29) is 17.7 Å². The predicted molar refractivity (Wildman–Crippen MR) is 87.3 cm³/mol. The summed E-state index contributed by atoms with van der Waals surface area (Å²) in [4.78, 5) is 23.4. The zero-order chi connectivity index (χ0) is 16.2. The van der Waals surface area contributed by atoms with Crippen LogP contribution in [0.1, 0.15) is 56.8 Å². The molecule has 2 saturated carbocycles. The van der Waals surface area contributed by atoms with Crippen LogP contribution in [0.3, 0.4) is 0 Å². The van der Waals surface area contributed by atoms with Crippen LogP contribution in [0.4, 0.5) is 4.79 Å². The van der Waals surface area contributed by atoms with Gasteiger partial charge in [-0.15, -0.1) is 10.2 Å². The number of nitrogens with zero attached hydrogens (tertiary/aromatic N) is 3. The zero-order valence-corrected chi connectivity index (χ0v) is 14.2. The number of carbonyl (C=O) groups is 2. The van der Waals surface area contributed by atoms with Gasteiger partial charge in [0.05, 0.1) is 5.75 Å². The van der Waals surface area contributed by atoms with E-state index >= 15 is 0 Å². The third-order valence-corrected chi connectivity index (χ3v) is 5.22. The fourth-order valence-electron chi connectivity index (χ4n) is 2.95. The third kappa shape index (κ3) is 4.46. The van der Waals surface area contributed by atoms with Crippen LogP contribution < -0.4 is 10.6 Å². The Morgan fingerprint density at radius 3 is 2.61 bits per heavy atom. The second-order valence-electron chi connectivity index (χ2n) is 6.28. The Morgan fingerprint density at radius 2 is 1.91 bits per heavy atom. The van der Waals surface area contributed by atoms with E-state index in [0.717, 1.165) is 36.7 Å². The van der Waals surface area contributed by atoms with Crippen LogP contribution in [0, 0.1) is 6.92 Å². The predicted octanol–water partition coefficient (Wildman–Crippen LogP) is 2.17. The van der Waals surface area contributed by atoms with Gasteiger partial charge < -0.3 is 9.88 Å². The average molecular weight is 337 g/mol. The van der Waals surface area contributed by atoms with Crippen LogP contribution >= 0.6 is 11.8 Å². The van der Waals surface area contributed by atoms with Crippen molar-refractivity contribution in [1.29, 1.82) is 0 Å². The Labute approximate surface area is 140 Å². The highest BCUT2D eigenvalue weighted by Crippen LogP contribution is 2.32. The van der Waals surface area contributed by atoms with Gasteiger partial charge in [-0.25, -0.2) is 4.79 Å². The lowest BCUT2D eigenvalue weighted by atomic mass is 9.95. The van der Waals surface area contributed by atoms with Crippen LogP contribution in [0.2, 0.25) is 0 Å². The van der Waals surface area contributed by atoms with Gasteiger partial charge >= 0.3 is 6.03 Å². The largest absolute Gasteiger partial charge is 0.335 e. The summed E-state index contributed by atoms with van der Waals surface area (Å²) in [5.41, 5.74) is 0. The summed E-state index contributed by atoms with van der Waals surface area (Å²) in [6, 6.07) is 0.276. The average Bonchev–Trinajstić information content (AvgIpc) is 3.26. The maximum atomic E-state index is 11.9. The molecule has 2 N–H and O–H groups in total. The minimum atomic E-state index is -0.400. The number of nitrogens with one attached hydrogen (secondary N) is 2. The standard InChI is InChI=1S/C15H23N5O2S/c1-10-18-19-15(20(10)12-5-3-2-4-6-12)23-9-13(21)17-14(22)16-11-7-8-11/h11-12H,2-9H2,1H3,(H2,16,17,21,22). The van der Waals surface area contributed by atoms with E-state index in [1.807, 2.05) is 6.92 Å². The van der Waals surface area contributed by atoms with Gasteiger partial charge in [0.15, 0.2) is 5.16 Å². The van der Waals surface area contributed by atoms with E-state index < -0.39 is 6.03 Å². The number of urea groups is 1. The first-order valence-corrected chi connectivity index (χ1v) is 9.26. The summed E-state index contributed by atoms with van der Waals surface area (Å²) in [6.45, 7) is 1.95. The first kappa shape index (κ1) is 16.3. The molecule has 1 heterocycles. The molecule has 0 unspecified atom stereocenters. The summed E-state index contributed by atoms with van der Waals surface area (Å²) < 4.78 is 2.15. The smallest absolute Gasteiger partial charge is 0.321 e. The lowest BCUT2D eigenvalue weighted by molar-refractivity contribution is -0.117. The quantitative estimate of drug-likeness (QED) is 0.804. The second kappa shape index (κ2) is 7.33. The molecular formula is C15H23N5O2S. The summed E-state index contributed by atoms with van der Waals surface area (Å²) in [5, 5.41) is 14.2. The number of amides is 3. The van der Waals surface area contributed by atoms with Gasteiger partial charge in [0.2, 0.25) is 5.91 Å². The molecule has 1 aromatic heterocycles. The van der Waals surface area contributed by atoms with Crippen molar-refractivity contribution < 1.29 is 9.59 Å². The molecule has 0 aliphatic heterocycles. The van der Waals surface area contributed by atoms with Gasteiger partial charge in [-0.1, -0.05) is 31.0 Å². The number of imide groups is 1. The van der Waals surface area contributed by atoms with Crippen LogP contribution in [0.25, 0.3) is 0 Å². The lowest BCUT2D eigenvalue weighted by Crippen LogP contribution is -2.41. The number of thioether (sulfide) groups is 1. The van der Waals surface area contributed by atoms with Gasteiger partial charge in [0.25, 0.3) is 0 Å². The monoisotopic (exact) mass is 337 g/mol. The number of rotatable bonds is 5. The summed E-state index contributed by atoms with van der Waals surface area (Å²) in [5.74, 6) is 0.762. The van der Waals surface area contributed by atoms with E-state index in [9.17, 15) is 9.59 Å². The summed E-state index contributed by atoms with van der Waals surface area (Å²) in [7, 11) is 0. The Kier molecular flexibility index (Phi) is 5.20. The normalized spacial score (nSPS) is 18.7. The van der Waals surface area contributed by atoms with Crippen molar-refractivity contribution in [1.82, 2.24) is 25.4 Å². The zero-order valence-electron chi connectivity index (χ0n) is 13.4. The molecule has 2 aliphatic carbocycles. The molecule has 2 fully saturated rings. The highest BCUT2D eigenvalue weighted by atomic mass is 32.2. The van der Waals surface area contributed by atoms with Crippen molar-refractivity contribution in [2.24, 2.45) is 0 Å². The topological polar surface area (TPSA) is 88.9 Å². The summed E-state index contributed by atoms with van der Waals surface area (Å²) in [6.07, 6.45) is 8.03. The molecule has 8 heteroatoms. The molecule has 0 spiro atoms. The molecule has 0 bridgehead atoms. The molecule has 126 valence electrons. The fraction of sp³-hybridized carbons (Fsp3) is 0.733. The summed E-state index contributed by atoms with van der Waals surface area (Å²) >= 11 is 1.34. The maximum absolute atomic E-state index is 11.9. The van der Waals surface area contributed by atoms with E-state index in [4.69, 9.17) is 0 Å². The first-order valence-electron chi connectivity index (χ1n) is 8.28. The van der Waals surface area contributed by atoms with Gasteiger partial charge in [-0.3, -0.25) is 10.1 Å². The second-order valence-corrected chi connectivity index (χ2v) is 7.22. The van der Waals surface area contributed by atoms with Crippen molar-refractivity contribution in [2.75, 3.05) is 5.75 Å². The highest BCUT2D eigenvalue weighted by molar-refractivity contribution is 7.99. The minimum absolute atomic E-state index is 0.170. The molecule has 0 aromatic carbocycles. The van der Waals surface area contributed by atoms with Crippen molar-refractivity contribution in [3.05, 3.63) is 5.82 Å². The molecule has 3 amide bonds.